The van der Waals surface area contributed by atoms with Crippen LogP contribution < -0.4 is 5.32 Å². The van der Waals surface area contributed by atoms with Crippen molar-refractivity contribution in [1.82, 2.24) is 30.2 Å². The Bertz CT molecular complexity index is 515. The zero-order chi connectivity index (χ0) is 12.4. The Morgan fingerprint density at radius 2 is 2.17 bits per heavy atom. The molecule has 1 saturated heterocycles. The van der Waals surface area contributed by atoms with Crippen molar-refractivity contribution >= 4 is 11.5 Å². The van der Waals surface area contributed by atoms with Crippen molar-refractivity contribution < 1.29 is 0 Å². The Balaban J connectivity index is 1.59. The quantitative estimate of drug-likeness (QED) is 0.839. The van der Waals surface area contributed by atoms with Crippen molar-refractivity contribution in [3.8, 4) is 0 Å². The Morgan fingerprint density at radius 1 is 1.33 bits per heavy atom. The van der Waals surface area contributed by atoms with Gasteiger partial charge in [0.15, 0.2) is 5.65 Å². The standard InChI is InChI=1S/C11H17N7/c1-17-6-4-9(5-7-17)8-12-10-2-3-11-13-15-16-18(11)14-10/h2-3,9H,4-8H2,1H3,(H,12,14). The maximum Gasteiger partial charge on any atom is 0.200 e. The van der Waals surface area contributed by atoms with Crippen LogP contribution in [0, 0.1) is 5.92 Å². The molecule has 1 aliphatic rings. The first-order valence-electron chi connectivity index (χ1n) is 6.29. The van der Waals surface area contributed by atoms with E-state index in [4.69, 9.17) is 0 Å². The second-order valence-corrected chi connectivity index (χ2v) is 4.87. The van der Waals surface area contributed by atoms with Crippen molar-refractivity contribution in [2.24, 2.45) is 5.92 Å². The fourth-order valence-corrected chi connectivity index (χ4v) is 2.26. The fourth-order valence-electron chi connectivity index (χ4n) is 2.26. The van der Waals surface area contributed by atoms with E-state index < -0.39 is 0 Å². The van der Waals surface area contributed by atoms with Gasteiger partial charge in [0.25, 0.3) is 0 Å². The molecule has 0 amide bonds. The summed E-state index contributed by atoms with van der Waals surface area (Å²) >= 11 is 0. The minimum atomic E-state index is 0.667. The number of anilines is 1. The van der Waals surface area contributed by atoms with Crippen LogP contribution in [0.15, 0.2) is 12.1 Å². The molecule has 1 aliphatic heterocycles. The predicted molar refractivity (Wildman–Crippen MR) is 67.3 cm³/mol. The second kappa shape index (κ2) is 4.85. The minimum Gasteiger partial charge on any atom is -0.368 e. The number of likely N-dealkylation sites (tertiary alicyclic amines) is 1. The van der Waals surface area contributed by atoms with Crippen LogP contribution in [-0.4, -0.2) is 56.8 Å². The molecule has 0 atom stereocenters. The lowest BCUT2D eigenvalue weighted by atomic mass is 9.97. The second-order valence-electron chi connectivity index (χ2n) is 4.87. The van der Waals surface area contributed by atoms with Crippen molar-refractivity contribution in [2.75, 3.05) is 32.0 Å². The van der Waals surface area contributed by atoms with Gasteiger partial charge in [-0.15, -0.1) is 14.8 Å². The van der Waals surface area contributed by atoms with Crippen LogP contribution in [-0.2, 0) is 0 Å². The van der Waals surface area contributed by atoms with Crippen LogP contribution in [0.3, 0.4) is 0 Å². The first-order chi connectivity index (χ1) is 8.81. The number of nitrogens with one attached hydrogen (secondary N) is 1. The van der Waals surface area contributed by atoms with Crippen LogP contribution in [0.2, 0.25) is 0 Å². The normalized spacial score (nSPS) is 18.3. The molecular formula is C11H17N7. The minimum absolute atomic E-state index is 0.667. The molecule has 1 N–H and O–H groups in total. The summed E-state index contributed by atoms with van der Waals surface area (Å²) in [6.45, 7) is 3.34. The molecule has 3 heterocycles. The van der Waals surface area contributed by atoms with Gasteiger partial charge in [-0.05, 0) is 61.5 Å². The summed E-state index contributed by atoms with van der Waals surface area (Å²) in [7, 11) is 2.18. The number of nitrogens with zero attached hydrogens (tertiary/aromatic N) is 6. The van der Waals surface area contributed by atoms with Gasteiger partial charge in [-0.3, -0.25) is 0 Å². The molecule has 18 heavy (non-hydrogen) atoms. The zero-order valence-corrected chi connectivity index (χ0v) is 10.5. The van der Waals surface area contributed by atoms with Crippen molar-refractivity contribution in [3.63, 3.8) is 0 Å². The zero-order valence-electron chi connectivity index (χ0n) is 10.5. The monoisotopic (exact) mass is 247 g/mol. The highest BCUT2D eigenvalue weighted by molar-refractivity contribution is 5.42. The number of tetrazole rings is 1. The Morgan fingerprint density at radius 3 is 3.00 bits per heavy atom. The first-order valence-corrected chi connectivity index (χ1v) is 6.29. The van der Waals surface area contributed by atoms with Crippen molar-refractivity contribution in [1.29, 1.82) is 0 Å². The number of aromatic nitrogens is 5. The maximum atomic E-state index is 4.29. The molecule has 0 aliphatic carbocycles. The Labute approximate surface area is 105 Å². The molecule has 7 nitrogen and oxygen atoms in total. The molecule has 0 bridgehead atoms. The van der Waals surface area contributed by atoms with E-state index in [1.54, 1.807) is 0 Å². The summed E-state index contributed by atoms with van der Waals surface area (Å²) in [6.07, 6.45) is 2.49. The molecule has 0 aromatic carbocycles. The summed E-state index contributed by atoms with van der Waals surface area (Å²) in [4.78, 5) is 2.38. The summed E-state index contributed by atoms with van der Waals surface area (Å²) < 4.78 is 1.44. The molecule has 3 rings (SSSR count). The van der Waals surface area contributed by atoms with E-state index in [2.05, 4.69) is 37.9 Å². The van der Waals surface area contributed by atoms with Crippen LogP contribution >= 0.6 is 0 Å². The highest BCUT2D eigenvalue weighted by atomic mass is 15.6. The average molecular weight is 247 g/mol. The molecule has 7 heteroatoms. The topological polar surface area (TPSA) is 71.2 Å². The van der Waals surface area contributed by atoms with Gasteiger partial charge >= 0.3 is 0 Å². The number of fused-ring (bicyclic) bond motifs is 1. The lowest BCUT2D eigenvalue weighted by molar-refractivity contribution is 0.226. The van der Waals surface area contributed by atoms with E-state index in [1.165, 1.54) is 30.6 Å². The highest BCUT2D eigenvalue weighted by Crippen LogP contribution is 2.16. The Hall–Kier alpha value is -1.76. The van der Waals surface area contributed by atoms with E-state index >= 15 is 0 Å². The smallest absolute Gasteiger partial charge is 0.200 e. The first kappa shape index (κ1) is 11.3. The molecule has 2 aromatic heterocycles. The largest absolute Gasteiger partial charge is 0.368 e. The molecule has 0 saturated carbocycles. The fraction of sp³-hybridized carbons (Fsp3) is 0.636. The van der Waals surface area contributed by atoms with Gasteiger partial charge in [-0.1, -0.05) is 0 Å². The summed E-state index contributed by atoms with van der Waals surface area (Å²) in [5.74, 6) is 1.56. The molecule has 2 aromatic rings. The molecular weight excluding hydrogens is 230 g/mol. The van der Waals surface area contributed by atoms with Gasteiger partial charge in [-0.2, -0.15) is 0 Å². The predicted octanol–water partition coefficient (Wildman–Crippen LogP) is 0.273. The third-order valence-corrected chi connectivity index (χ3v) is 3.48. The Kier molecular flexibility index (Phi) is 3.06. The van der Waals surface area contributed by atoms with Crippen LogP contribution in [0.25, 0.3) is 5.65 Å². The lowest BCUT2D eigenvalue weighted by Gasteiger charge is -2.28. The number of hydrogen-bond acceptors (Lipinski definition) is 6. The van der Waals surface area contributed by atoms with E-state index in [1.807, 2.05) is 12.1 Å². The van der Waals surface area contributed by atoms with E-state index in [0.29, 0.717) is 5.65 Å². The number of rotatable bonds is 3. The SMILES string of the molecule is CN1CCC(CNc2ccc3nnnn3n2)CC1. The third-order valence-electron chi connectivity index (χ3n) is 3.48. The third kappa shape index (κ3) is 2.40. The maximum absolute atomic E-state index is 4.29. The molecule has 96 valence electrons. The number of hydrogen-bond donors (Lipinski definition) is 1. The number of piperidine rings is 1. The van der Waals surface area contributed by atoms with E-state index in [-0.39, 0.29) is 0 Å². The van der Waals surface area contributed by atoms with E-state index in [9.17, 15) is 0 Å². The summed E-state index contributed by atoms with van der Waals surface area (Å²) in [5, 5.41) is 18.8. The van der Waals surface area contributed by atoms with Crippen LogP contribution in [0.5, 0.6) is 0 Å². The van der Waals surface area contributed by atoms with Crippen molar-refractivity contribution in [3.05, 3.63) is 12.1 Å². The van der Waals surface area contributed by atoms with Gasteiger partial charge in [0.2, 0.25) is 0 Å². The summed E-state index contributed by atoms with van der Waals surface area (Å²) in [6, 6.07) is 3.78. The van der Waals surface area contributed by atoms with Crippen LogP contribution in [0.1, 0.15) is 12.8 Å². The van der Waals surface area contributed by atoms with Crippen molar-refractivity contribution in [2.45, 2.75) is 12.8 Å². The molecule has 0 unspecified atom stereocenters. The highest BCUT2D eigenvalue weighted by Gasteiger charge is 2.16. The lowest BCUT2D eigenvalue weighted by Crippen LogP contribution is -2.33. The van der Waals surface area contributed by atoms with Gasteiger partial charge in [0.1, 0.15) is 5.82 Å². The van der Waals surface area contributed by atoms with Gasteiger partial charge in [-0.25, -0.2) is 0 Å². The van der Waals surface area contributed by atoms with Gasteiger partial charge in [0, 0.05) is 6.54 Å². The van der Waals surface area contributed by atoms with Gasteiger partial charge in [0.05, 0.1) is 0 Å². The molecule has 0 spiro atoms. The summed E-state index contributed by atoms with van der Waals surface area (Å²) in [5.41, 5.74) is 0.667. The van der Waals surface area contributed by atoms with E-state index in [0.717, 1.165) is 18.3 Å². The average Bonchev–Trinajstić information content (AvgIpc) is 2.85. The van der Waals surface area contributed by atoms with Gasteiger partial charge < -0.3 is 10.2 Å². The molecule has 0 radical (unpaired) electrons. The molecule has 1 fully saturated rings. The van der Waals surface area contributed by atoms with Crippen LogP contribution in [0.4, 0.5) is 5.82 Å².